The predicted molar refractivity (Wildman–Crippen MR) is 84.7 cm³/mol. The standard InChI is InChI=1S/C15H9Cl3O3/c16-10-3-4-11(17)14(8-10)21-13-5-1-9(7-12(13)18)2-6-15(19)20/h1-8H,(H,19,20)/b6-2+. The van der Waals surface area contributed by atoms with E-state index in [4.69, 9.17) is 44.6 Å². The van der Waals surface area contributed by atoms with Crippen LogP contribution in [0.4, 0.5) is 0 Å². The Bertz CT molecular complexity index is 711. The van der Waals surface area contributed by atoms with Crippen LogP contribution in [0.3, 0.4) is 0 Å². The Balaban J connectivity index is 2.25. The molecule has 0 spiro atoms. The lowest BCUT2D eigenvalue weighted by Crippen LogP contribution is -1.88. The molecule has 0 saturated heterocycles. The number of hydrogen-bond donors (Lipinski definition) is 1. The topological polar surface area (TPSA) is 46.5 Å². The van der Waals surface area contributed by atoms with Crippen LogP contribution in [0.5, 0.6) is 11.5 Å². The quantitative estimate of drug-likeness (QED) is 0.742. The molecule has 0 fully saturated rings. The van der Waals surface area contributed by atoms with Crippen LogP contribution in [0.1, 0.15) is 5.56 Å². The van der Waals surface area contributed by atoms with Crippen LogP contribution in [0.25, 0.3) is 6.08 Å². The van der Waals surface area contributed by atoms with E-state index in [2.05, 4.69) is 0 Å². The fourth-order valence-electron chi connectivity index (χ4n) is 1.54. The summed E-state index contributed by atoms with van der Waals surface area (Å²) in [6, 6.07) is 9.75. The maximum absolute atomic E-state index is 10.5. The van der Waals surface area contributed by atoms with Crippen molar-refractivity contribution >= 4 is 46.8 Å². The number of benzene rings is 2. The normalized spacial score (nSPS) is 10.8. The van der Waals surface area contributed by atoms with Crippen LogP contribution >= 0.6 is 34.8 Å². The van der Waals surface area contributed by atoms with Crippen molar-refractivity contribution in [2.24, 2.45) is 0 Å². The second kappa shape index (κ2) is 6.85. The summed E-state index contributed by atoms with van der Waals surface area (Å²) in [7, 11) is 0. The van der Waals surface area contributed by atoms with Crippen LogP contribution in [-0.4, -0.2) is 11.1 Å². The lowest BCUT2D eigenvalue weighted by atomic mass is 10.2. The van der Waals surface area contributed by atoms with Gasteiger partial charge in [0, 0.05) is 17.2 Å². The number of ether oxygens (including phenoxy) is 1. The number of carboxylic acid groups (broad SMARTS) is 1. The maximum atomic E-state index is 10.5. The van der Waals surface area contributed by atoms with E-state index in [1.165, 1.54) is 6.08 Å². The molecule has 2 aromatic rings. The fraction of sp³-hybridized carbons (Fsp3) is 0. The third-order valence-electron chi connectivity index (χ3n) is 2.49. The van der Waals surface area contributed by atoms with Crippen LogP contribution in [0, 0.1) is 0 Å². The molecule has 21 heavy (non-hydrogen) atoms. The van der Waals surface area contributed by atoms with Crippen molar-refractivity contribution in [2.75, 3.05) is 0 Å². The van der Waals surface area contributed by atoms with Gasteiger partial charge in [-0.25, -0.2) is 4.79 Å². The molecule has 1 N–H and O–H groups in total. The van der Waals surface area contributed by atoms with E-state index >= 15 is 0 Å². The molecule has 0 bridgehead atoms. The Morgan fingerprint density at radius 1 is 1.00 bits per heavy atom. The second-order valence-corrected chi connectivity index (χ2v) is 5.29. The molecular formula is C15H9Cl3O3. The van der Waals surface area contributed by atoms with E-state index in [9.17, 15) is 4.79 Å². The minimum atomic E-state index is -1.03. The van der Waals surface area contributed by atoms with E-state index in [-0.39, 0.29) is 0 Å². The van der Waals surface area contributed by atoms with Gasteiger partial charge in [-0.2, -0.15) is 0 Å². The third kappa shape index (κ3) is 4.39. The summed E-state index contributed by atoms with van der Waals surface area (Å²) in [5.41, 5.74) is 0.645. The number of aliphatic carboxylic acids is 1. The fourth-order valence-corrected chi connectivity index (χ4v) is 2.09. The summed E-state index contributed by atoms with van der Waals surface area (Å²) >= 11 is 18.0. The van der Waals surface area contributed by atoms with Gasteiger partial charge in [0.1, 0.15) is 11.5 Å². The van der Waals surface area contributed by atoms with Gasteiger partial charge in [0.2, 0.25) is 0 Å². The molecule has 2 rings (SSSR count). The predicted octanol–water partition coefficient (Wildman–Crippen LogP) is 5.54. The molecule has 0 unspecified atom stereocenters. The maximum Gasteiger partial charge on any atom is 0.328 e. The molecule has 108 valence electrons. The zero-order valence-corrected chi connectivity index (χ0v) is 12.8. The highest BCUT2D eigenvalue weighted by Gasteiger charge is 2.08. The van der Waals surface area contributed by atoms with Gasteiger partial charge in [-0.15, -0.1) is 0 Å². The molecule has 0 aliphatic heterocycles. The van der Waals surface area contributed by atoms with E-state index in [0.29, 0.717) is 32.1 Å². The van der Waals surface area contributed by atoms with E-state index in [0.717, 1.165) is 6.08 Å². The summed E-state index contributed by atoms with van der Waals surface area (Å²) in [5.74, 6) is -0.245. The van der Waals surface area contributed by atoms with Crippen molar-refractivity contribution in [2.45, 2.75) is 0 Å². The molecular weight excluding hydrogens is 335 g/mol. The van der Waals surface area contributed by atoms with E-state index in [1.54, 1.807) is 36.4 Å². The lowest BCUT2D eigenvalue weighted by Gasteiger charge is -2.10. The van der Waals surface area contributed by atoms with Gasteiger partial charge in [0.15, 0.2) is 0 Å². The molecule has 0 aromatic heterocycles. The second-order valence-electron chi connectivity index (χ2n) is 4.04. The number of carboxylic acids is 1. The molecule has 3 nitrogen and oxygen atoms in total. The highest BCUT2D eigenvalue weighted by Crippen LogP contribution is 2.35. The summed E-state index contributed by atoms with van der Waals surface area (Å²) in [6.07, 6.45) is 2.46. The molecule has 0 heterocycles. The minimum absolute atomic E-state index is 0.332. The largest absolute Gasteiger partial charge is 0.478 e. The van der Waals surface area contributed by atoms with E-state index in [1.807, 2.05) is 0 Å². The van der Waals surface area contributed by atoms with Crippen molar-refractivity contribution in [1.82, 2.24) is 0 Å². The van der Waals surface area contributed by atoms with Crippen molar-refractivity contribution in [3.05, 3.63) is 63.1 Å². The molecule has 0 amide bonds. The Labute approximate surface area is 136 Å². The van der Waals surface area contributed by atoms with Crippen LogP contribution in [0.2, 0.25) is 15.1 Å². The first-order valence-corrected chi connectivity index (χ1v) is 6.92. The van der Waals surface area contributed by atoms with Gasteiger partial charge in [0.05, 0.1) is 10.0 Å². The van der Waals surface area contributed by atoms with Crippen molar-refractivity contribution in [3.8, 4) is 11.5 Å². The zero-order chi connectivity index (χ0) is 15.4. The number of halogens is 3. The van der Waals surface area contributed by atoms with Crippen molar-refractivity contribution in [3.63, 3.8) is 0 Å². The number of carbonyl (C=O) groups is 1. The Hall–Kier alpha value is -1.68. The van der Waals surface area contributed by atoms with Crippen LogP contribution in [-0.2, 0) is 4.79 Å². The number of hydrogen-bond acceptors (Lipinski definition) is 2. The average molecular weight is 344 g/mol. The van der Waals surface area contributed by atoms with Crippen LogP contribution < -0.4 is 4.74 Å². The van der Waals surface area contributed by atoms with Crippen molar-refractivity contribution in [1.29, 1.82) is 0 Å². The monoisotopic (exact) mass is 342 g/mol. The van der Waals surface area contributed by atoms with Crippen LogP contribution in [0.15, 0.2) is 42.5 Å². The van der Waals surface area contributed by atoms with E-state index < -0.39 is 5.97 Å². The Morgan fingerprint density at radius 2 is 1.76 bits per heavy atom. The highest BCUT2D eigenvalue weighted by atomic mass is 35.5. The van der Waals surface area contributed by atoms with Gasteiger partial charge in [-0.05, 0) is 35.9 Å². The molecule has 0 atom stereocenters. The molecule has 0 aliphatic carbocycles. The minimum Gasteiger partial charge on any atom is -0.478 e. The lowest BCUT2D eigenvalue weighted by molar-refractivity contribution is -0.131. The van der Waals surface area contributed by atoms with Gasteiger partial charge < -0.3 is 9.84 Å². The summed E-state index contributed by atoms with van der Waals surface area (Å²) < 4.78 is 5.61. The number of rotatable bonds is 4. The molecule has 2 aromatic carbocycles. The van der Waals surface area contributed by atoms with Crippen molar-refractivity contribution < 1.29 is 14.6 Å². The first-order valence-electron chi connectivity index (χ1n) is 5.79. The average Bonchev–Trinajstić information content (AvgIpc) is 2.43. The Kier molecular flexibility index (Phi) is 5.12. The van der Waals surface area contributed by atoms with Gasteiger partial charge >= 0.3 is 5.97 Å². The molecule has 6 heteroatoms. The smallest absolute Gasteiger partial charge is 0.328 e. The SMILES string of the molecule is O=C(O)/C=C/c1ccc(Oc2cc(Cl)ccc2Cl)c(Cl)c1. The summed E-state index contributed by atoms with van der Waals surface area (Å²) in [6.45, 7) is 0. The summed E-state index contributed by atoms with van der Waals surface area (Å²) in [4.78, 5) is 10.5. The molecule has 0 radical (unpaired) electrons. The third-order valence-corrected chi connectivity index (χ3v) is 3.33. The summed E-state index contributed by atoms with van der Waals surface area (Å²) in [5, 5.41) is 9.81. The van der Waals surface area contributed by atoms with Gasteiger partial charge in [0.25, 0.3) is 0 Å². The first kappa shape index (κ1) is 15.7. The van der Waals surface area contributed by atoms with Gasteiger partial charge in [-0.3, -0.25) is 0 Å². The first-order chi connectivity index (χ1) is 9.95. The highest BCUT2D eigenvalue weighted by molar-refractivity contribution is 6.34. The molecule has 0 aliphatic rings. The molecule has 0 saturated carbocycles. The Morgan fingerprint density at radius 3 is 2.43 bits per heavy atom. The zero-order valence-electron chi connectivity index (χ0n) is 10.5. The van der Waals surface area contributed by atoms with Gasteiger partial charge in [-0.1, -0.05) is 40.9 Å².